The van der Waals surface area contributed by atoms with Crippen LogP contribution in [0.5, 0.6) is 11.5 Å². The molecule has 0 saturated heterocycles. The third-order valence-electron chi connectivity index (χ3n) is 4.96. The quantitative estimate of drug-likeness (QED) is 0.272. The fourth-order valence-electron chi connectivity index (χ4n) is 3.13. The second-order valence-corrected chi connectivity index (χ2v) is 8.42. The molecule has 0 unspecified atom stereocenters. The van der Waals surface area contributed by atoms with Crippen molar-refractivity contribution in [2.75, 3.05) is 7.11 Å². The second-order valence-electron chi connectivity index (χ2n) is 7.20. The summed E-state index contributed by atoms with van der Waals surface area (Å²) in [4.78, 5) is 16.7. The van der Waals surface area contributed by atoms with Gasteiger partial charge in [-0.3, -0.25) is 0 Å². The van der Waals surface area contributed by atoms with Crippen molar-refractivity contribution in [2.45, 2.75) is 13.5 Å². The van der Waals surface area contributed by atoms with Crippen LogP contribution in [0.4, 0.5) is 0 Å². The predicted octanol–water partition coefficient (Wildman–Crippen LogP) is 6.89. The van der Waals surface area contributed by atoms with E-state index in [0.717, 1.165) is 5.56 Å². The molecule has 1 heterocycles. The molecular weight excluding hydrogens is 485 g/mol. The normalized spacial score (nSPS) is 14.3. The number of esters is 1. The number of hydrogen-bond donors (Lipinski definition) is 0. The molecule has 0 saturated carbocycles. The van der Waals surface area contributed by atoms with E-state index in [-0.39, 0.29) is 18.2 Å². The molecule has 0 aromatic heterocycles. The number of benzene rings is 3. The molecule has 0 N–H and O–H groups in total. The van der Waals surface area contributed by atoms with E-state index in [9.17, 15) is 4.79 Å². The van der Waals surface area contributed by atoms with E-state index >= 15 is 0 Å². The summed E-state index contributed by atoms with van der Waals surface area (Å²) in [6, 6.07) is 15.9. The van der Waals surface area contributed by atoms with Gasteiger partial charge in [0.05, 0.1) is 7.11 Å². The van der Waals surface area contributed by atoms with E-state index in [1.54, 1.807) is 54.6 Å². The molecular formula is C25H18Cl3NO4. The highest BCUT2D eigenvalue weighted by molar-refractivity contribution is 6.36. The van der Waals surface area contributed by atoms with Crippen molar-refractivity contribution < 1.29 is 19.0 Å². The lowest BCUT2D eigenvalue weighted by Crippen LogP contribution is -2.05. The Hall–Kier alpha value is -2.99. The van der Waals surface area contributed by atoms with Crippen LogP contribution in [-0.2, 0) is 16.1 Å². The summed E-state index contributed by atoms with van der Waals surface area (Å²) in [5.74, 6) is 0.641. The number of cyclic esters (lactones) is 1. The van der Waals surface area contributed by atoms with Crippen molar-refractivity contribution in [1.29, 1.82) is 0 Å². The predicted molar refractivity (Wildman–Crippen MR) is 131 cm³/mol. The molecule has 0 amide bonds. The maximum atomic E-state index is 12.3. The van der Waals surface area contributed by atoms with Gasteiger partial charge < -0.3 is 14.2 Å². The Bertz CT molecular complexity index is 1280. The Kier molecular flexibility index (Phi) is 6.94. The molecule has 1 aliphatic rings. The Balaban J connectivity index is 1.56. The van der Waals surface area contributed by atoms with Gasteiger partial charge in [0.15, 0.2) is 17.2 Å². The molecule has 0 aliphatic carbocycles. The lowest BCUT2D eigenvalue weighted by atomic mass is 10.1. The van der Waals surface area contributed by atoms with Crippen molar-refractivity contribution in [1.82, 2.24) is 0 Å². The lowest BCUT2D eigenvalue weighted by molar-refractivity contribution is -0.129. The number of carbonyl (C=O) groups is 1. The molecule has 0 bridgehead atoms. The molecule has 4 rings (SSSR count). The average molecular weight is 503 g/mol. The van der Waals surface area contributed by atoms with Crippen molar-refractivity contribution in [3.05, 3.63) is 97.6 Å². The van der Waals surface area contributed by atoms with E-state index in [1.165, 1.54) is 7.11 Å². The van der Waals surface area contributed by atoms with Gasteiger partial charge >= 0.3 is 5.97 Å². The van der Waals surface area contributed by atoms with Crippen molar-refractivity contribution in [3.63, 3.8) is 0 Å². The van der Waals surface area contributed by atoms with Gasteiger partial charge in [-0.25, -0.2) is 9.79 Å². The summed E-state index contributed by atoms with van der Waals surface area (Å²) < 4.78 is 16.6. The third kappa shape index (κ3) is 5.17. The maximum Gasteiger partial charge on any atom is 0.363 e. The first-order chi connectivity index (χ1) is 15.9. The fourth-order valence-corrected chi connectivity index (χ4v) is 3.82. The zero-order chi connectivity index (χ0) is 23.5. The Labute approximate surface area is 206 Å². The van der Waals surface area contributed by atoms with Crippen LogP contribution in [0, 0.1) is 6.92 Å². The summed E-state index contributed by atoms with van der Waals surface area (Å²) >= 11 is 18.6. The highest BCUT2D eigenvalue weighted by Crippen LogP contribution is 2.32. The molecule has 8 heteroatoms. The molecule has 168 valence electrons. The molecule has 3 aromatic rings. The summed E-state index contributed by atoms with van der Waals surface area (Å²) in [6.45, 7) is 2.07. The Morgan fingerprint density at radius 1 is 0.970 bits per heavy atom. The lowest BCUT2D eigenvalue weighted by Gasteiger charge is -2.13. The topological polar surface area (TPSA) is 57.1 Å². The first kappa shape index (κ1) is 23.2. The Morgan fingerprint density at radius 3 is 2.42 bits per heavy atom. The largest absolute Gasteiger partial charge is 0.493 e. The first-order valence-corrected chi connectivity index (χ1v) is 11.0. The zero-order valence-corrected chi connectivity index (χ0v) is 20.0. The number of rotatable bonds is 6. The summed E-state index contributed by atoms with van der Waals surface area (Å²) in [6.07, 6.45) is 1.61. The SMILES string of the molecule is COc1cc(/C=C2/N=C(c3ccc(C)c(Cl)c3)OC2=O)ccc1OCc1c(Cl)cccc1Cl. The number of nitrogens with zero attached hydrogens (tertiary/aromatic N) is 1. The number of aliphatic imine (C=N–C) groups is 1. The number of hydrogen-bond acceptors (Lipinski definition) is 5. The maximum absolute atomic E-state index is 12.3. The summed E-state index contributed by atoms with van der Waals surface area (Å²) in [5, 5.41) is 1.61. The van der Waals surface area contributed by atoms with Crippen LogP contribution in [0.3, 0.4) is 0 Å². The average Bonchev–Trinajstić information content (AvgIpc) is 3.16. The second kappa shape index (κ2) is 9.87. The van der Waals surface area contributed by atoms with Gasteiger partial charge in [-0.15, -0.1) is 0 Å². The van der Waals surface area contributed by atoms with E-state index in [0.29, 0.717) is 43.3 Å². The minimum atomic E-state index is -0.547. The molecule has 5 nitrogen and oxygen atoms in total. The van der Waals surface area contributed by atoms with Gasteiger partial charge in [-0.05, 0) is 60.5 Å². The van der Waals surface area contributed by atoms with Gasteiger partial charge in [0.2, 0.25) is 5.90 Å². The van der Waals surface area contributed by atoms with E-state index < -0.39 is 5.97 Å². The smallest absolute Gasteiger partial charge is 0.363 e. The zero-order valence-electron chi connectivity index (χ0n) is 17.7. The highest BCUT2D eigenvalue weighted by Gasteiger charge is 2.24. The monoisotopic (exact) mass is 501 g/mol. The van der Waals surface area contributed by atoms with Crippen LogP contribution >= 0.6 is 34.8 Å². The van der Waals surface area contributed by atoms with Crippen LogP contribution in [0.25, 0.3) is 6.08 Å². The van der Waals surface area contributed by atoms with Gasteiger partial charge in [-0.2, -0.15) is 0 Å². The number of aryl methyl sites for hydroxylation is 1. The standard InChI is InChI=1S/C25H18Cl3NO4/c1-14-6-8-16(12-20(14)28)24-29-21(25(30)33-24)10-15-7-9-22(23(11-15)31-2)32-13-17-18(26)4-3-5-19(17)27/h3-12H,13H2,1-2H3/b21-10+. The molecule has 3 aromatic carbocycles. The van der Waals surface area contributed by atoms with Crippen LogP contribution < -0.4 is 9.47 Å². The molecule has 0 atom stereocenters. The minimum Gasteiger partial charge on any atom is -0.493 e. The molecule has 0 fully saturated rings. The number of carbonyl (C=O) groups excluding carboxylic acids is 1. The van der Waals surface area contributed by atoms with Crippen LogP contribution in [0.15, 0.2) is 65.3 Å². The molecule has 33 heavy (non-hydrogen) atoms. The van der Waals surface area contributed by atoms with Gasteiger partial charge in [0, 0.05) is 26.2 Å². The highest BCUT2D eigenvalue weighted by atomic mass is 35.5. The Morgan fingerprint density at radius 2 is 1.73 bits per heavy atom. The van der Waals surface area contributed by atoms with E-state index in [1.807, 2.05) is 13.0 Å². The summed E-state index contributed by atoms with van der Waals surface area (Å²) in [5.41, 5.74) is 3.09. The van der Waals surface area contributed by atoms with Crippen molar-refractivity contribution >= 4 is 52.7 Å². The first-order valence-electron chi connectivity index (χ1n) is 9.88. The third-order valence-corrected chi connectivity index (χ3v) is 6.08. The summed E-state index contributed by atoms with van der Waals surface area (Å²) in [7, 11) is 1.53. The van der Waals surface area contributed by atoms with Crippen LogP contribution in [-0.4, -0.2) is 19.0 Å². The number of ether oxygens (including phenoxy) is 3. The number of halogens is 3. The van der Waals surface area contributed by atoms with E-state index in [4.69, 9.17) is 49.0 Å². The van der Waals surface area contributed by atoms with Crippen LogP contribution in [0.2, 0.25) is 15.1 Å². The van der Waals surface area contributed by atoms with Crippen molar-refractivity contribution in [2.24, 2.45) is 4.99 Å². The number of methoxy groups -OCH3 is 1. The van der Waals surface area contributed by atoms with Gasteiger partial charge in [-0.1, -0.05) is 53.0 Å². The molecule has 1 aliphatic heterocycles. The van der Waals surface area contributed by atoms with E-state index in [2.05, 4.69) is 4.99 Å². The van der Waals surface area contributed by atoms with Crippen molar-refractivity contribution in [3.8, 4) is 11.5 Å². The molecule has 0 radical (unpaired) electrons. The van der Waals surface area contributed by atoms with Crippen LogP contribution in [0.1, 0.15) is 22.3 Å². The molecule has 0 spiro atoms. The van der Waals surface area contributed by atoms with Gasteiger partial charge in [0.25, 0.3) is 0 Å². The fraction of sp³-hybridized carbons (Fsp3) is 0.120. The minimum absolute atomic E-state index is 0.167. The van der Waals surface area contributed by atoms with Gasteiger partial charge in [0.1, 0.15) is 6.61 Å².